The van der Waals surface area contributed by atoms with E-state index in [1.54, 1.807) is 20.8 Å². The second kappa shape index (κ2) is 9.85. The Morgan fingerprint density at radius 3 is 2.57 bits per heavy atom. The maximum absolute atomic E-state index is 12.5. The Morgan fingerprint density at radius 2 is 1.90 bits per heavy atom. The van der Waals surface area contributed by atoms with Crippen LogP contribution in [-0.4, -0.2) is 49.4 Å². The molecule has 0 radical (unpaired) electrons. The van der Waals surface area contributed by atoms with Crippen molar-refractivity contribution in [2.24, 2.45) is 5.41 Å². The molecule has 0 aromatic heterocycles. The topological polar surface area (TPSA) is 80.3 Å². The van der Waals surface area contributed by atoms with Crippen molar-refractivity contribution in [1.29, 1.82) is 0 Å². The van der Waals surface area contributed by atoms with Crippen molar-refractivity contribution < 1.29 is 33.3 Å². The average Bonchev–Trinajstić information content (AvgIpc) is 2.71. The first kappa shape index (κ1) is 22.7. The summed E-state index contributed by atoms with van der Waals surface area (Å²) >= 11 is 1.33. The van der Waals surface area contributed by atoms with E-state index in [2.05, 4.69) is 0 Å². The van der Waals surface area contributed by atoms with Crippen molar-refractivity contribution in [1.82, 2.24) is 0 Å². The highest BCUT2D eigenvalue weighted by atomic mass is 32.2. The van der Waals surface area contributed by atoms with Crippen LogP contribution in [0.4, 0.5) is 0 Å². The van der Waals surface area contributed by atoms with E-state index in [1.165, 1.54) is 11.8 Å². The van der Waals surface area contributed by atoms with Gasteiger partial charge in [0.15, 0.2) is 18.0 Å². The quantitative estimate of drug-likeness (QED) is 0.602. The maximum Gasteiger partial charge on any atom is 0.348 e. The van der Waals surface area contributed by atoms with Crippen molar-refractivity contribution in [2.45, 2.75) is 52.8 Å². The lowest BCUT2D eigenvalue weighted by molar-refractivity contribution is -0.182. The van der Waals surface area contributed by atoms with Gasteiger partial charge in [-0.1, -0.05) is 30.3 Å². The number of hydrogen-bond donors (Lipinski definition) is 0. The van der Waals surface area contributed by atoms with Crippen LogP contribution in [0.15, 0.2) is 41.0 Å². The molecule has 0 N–H and O–H groups in total. The van der Waals surface area contributed by atoms with Crippen molar-refractivity contribution in [3.8, 4) is 0 Å². The van der Waals surface area contributed by atoms with E-state index in [-0.39, 0.29) is 19.2 Å². The molecule has 2 aliphatic heterocycles. The van der Waals surface area contributed by atoms with Gasteiger partial charge in [-0.05, 0) is 33.3 Å². The third-order valence-corrected chi connectivity index (χ3v) is 5.60. The van der Waals surface area contributed by atoms with Gasteiger partial charge in [-0.25, -0.2) is 4.79 Å². The monoisotopic (exact) mass is 436 g/mol. The van der Waals surface area contributed by atoms with Gasteiger partial charge in [-0.2, -0.15) is 0 Å². The van der Waals surface area contributed by atoms with Crippen molar-refractivity contribution >= 4 is 23.7 Å². The largest absolute Gasteiger partial charge is 0.464 e. The molecule has 2 aliphatic rings. The number of thioether (sulfide) groups is 1. The SMILES string of the molecule is CCOC1CSC2=C(O1)[C@@H](OCc1ccccc1)[C@@H](COC(=O)C(C)(C)C)OC2=O. The molecule has 0 aliphatic carbocycles. The van der Waals surface area contributed by atoms with Crippen LogP contribution in [0.5, 0.6) is 0 Å². The summed E-state index contributed by atoms with van der Waals surface area (Å²) in [4.78, 5) is 25.1. The molecule has 0 fully saturated rings. The van der Waals surface area contributed by atoms with Gasteiger partial charge in [-0.15, -0.1) is 11.8 Å². The van der Waals surface area contributed by atoms with Gasteiger partial charge in [-0.3, -0.25) is 4.79 Å². The predicted molar refractivity (Wildman–Crippen MR) is 111 cm³/mol. The third kappa shape index (κ3) is 5.56. The number of ether oxygens (including phenoxy) is 5. The van der Waals surface area contributed by atoms with Gasteiger partial charge in [0.05, 0.1) is 17.8 Å². The molecule has 0 spiro atoms. The average molecular weight is 437 g/mol. The van der Waals surface area contributed by atoms with Gasteiger partial charge in [0.2, 0.25) is 6.29 Å². The Balaban J connectivity index is 1.80. The normalized spacial score (nSPS) is 24.0. The first-order valence-electron chi connectivity index (χ1n) is 9.98. The number of cyclic esters (lactones) is 1. The smallest absolute Gasteiger partial charge is 0.348 e. The number of benzene rings is 1. The molecule has 1 aromatic carbocycles. The Kier molecular flexibility index (Phi) is 7.44. The number of carbonyl (C=O) groups is 2. The summed E-state index contributed by atoms with van der Waals surface area (Å²) in [5.41, 5.74) is 0.299. The first-order valence-corrected chi connectivity index (χ1v) is 11.0. The van der Waals surface area contributed by atoms with E-state index in [1.807, 2.05) is 37.3 Å². The molecule has 3 rings (SSSR count). The molecule has 2 heterocycles. The second-order valence-electron chi connectivity index (χ2n) is 8.02. The highest BCUT2D eigenvalue weighted by Crippen LogP contribution is 2.38. The molecule has 3 atom stereocenters. The number of hydrogen-bond acceptors (Lipinski definition) is 8. The Bertz CT molecular complexity index is 784. The summed E-state index contributed by atoms with van der Waals surface area (Å²) in [5, 5.41) is 0. The van der Waals surface area contributed by atoms with Crippen LogP contribution in [0.1, 0.15) is 33.3 Å². The van der Waals surface area contributed by atoms with Crippen molar-refractivity contribution in [3.63, 3.8) is 0 Å². The van der Waals surface area contributed by atoms with Crippen LogP contribution in [0.25, 0.3) is 0 Å². The molecular weight excluding hydrogens is 408 g/mol. The van der Waals surface area contributed by atoms with Gasteiger partial charge in [0, 0.05) is 6.61 Å². The van der Waals surface area contributed by atoms with Gasteiger partial charge in [0.25, 0.3) is 0 Å². The number of carbonyl (C=O) groups excluding carboxylic acids is 2. The van der Waals surface area contributed by atoms with Gasteiger partial charge >= 0.3 is 11.9 Å². The molecule has 0 amide bonds. The molecule has 164 valence electrons. The molecule has 7 nitrogen and oxygen atoms in total. The third-order valence-electron chi connectivity index (χ3n) is 4.50. The van der Waals surface area contributed by atoms with E-state index in [4.69, 9.17) is 23.7 Å². The lowest BCUT2D eigenvalue weighted by atomic mass is 9.97. The van der Waals surface area contributed by atoms with Crippen LogP contribution in [0, 0.1) is 5.41 Å². The molecule has 1 unspecified atom stereocenters. The van der Waals surface area contributed by atoms with Crippen LogP contribution < -0.4 is 0 Å². The van der Waals surface area contributed by atoms with E-state index >= 15 is 0 Å². The Hall–Kier alpha value is -2.03. The van der Waals surface area contributed by atoms with Crippen LogP contribution in [0.2, 0.25) is 0 Å². The van der Waals surface area contributed by atoms with E-state index in [0.717, 1.165) is 5.56 Å². The maximum atomic E-state index is 12.5. The molecule has 0 bridgehead atoms. The fraction of sp³-hybridized carbons (Fsp3) is 0.545. The predicted octanol–water partition coefficient (Wildman–Crippen LogP) is 3.42. The minimum Gasteiger partial charge on any atom is -0.464 e. The van der Waals surface area contributed by atoms with Crippen LogP contribution >= 0.6 is 11.8 Å². The summed E-state index contributed by atoms with van der Waals surface area (Å²) in [7, 11) is 0. The molecular formula is C22H28O7S. The summed E-state index contributed by atoms with van der Waals surface area (Å²) in [6.45, 7) is 7.83. The lowest BCUT2D eigenvalue weighted by Gasteiger charge is -2.37. The minimum atomic E-state index is -0.813. The highest BCUT2D eigenvalue weighted by Gasteiger charge is 2.44. The number of esters is 2. The molecule has 0 saturated heterocycles. The summed E-state index contributed by atoms with van der Waals surface area (Å²) in [6, 6.07) is 9.65. The van der Waals surface area contributed by atoms with E-state index in [9.17, 15) is 9.59 Å². The van der Waals surface area contributed by atoms with E-state index in [0.29, 0.717) is 23.0 Å². The summed E-state index contributed by atoms with van der Waals surface area (Å²) in [6.07, 6.45) is -2.00. The van der Waals surface area contributed by atoms with Crippen molar-refractivity contribution in [2.75, 3.05) is 19.0 Å². The van der Waals surface area contributed by atoms with Crippen LogP contribution in [0.3, 0.4) is 0 Å². The first-order chi connectivity index (χ1) is 14.3. The lowest BCUT2D eigenvalue weighted by Crippen LogP contribution is -2.47. The Morgan fingerprint density at radius 1 is 1.17 bits per heavy atom. The van der Waals surface area contributed by atoms with Crippen LogP contribution in [-0.2, 0) is 39.9 Å². The zero-order chi connectivity index (χ0) is 21.7. The zero-order valence-corrected chi connectivity index (χ0v) is 18.5. The Labute approximate surface area is 181 Å². The van der Waals surface area contributed by atoms with Crippen molar-refractivity contribution in [3.05, 3.63) is 46.6 Å². The fourth-order valence-corrected chi connectivity index (χ4v) is 3.88. The van der Waals surface area contributed by atoms with Gasteiger partial charge in [0.1, 0.15) is 11.5 Å². The summed E-state index contributed by atoms with van der Waals surface area (Å²) in [5.74, 6) is -0.0158. The molecule has 1 aromatic rings. The summed E-state index contributed by atoms with van der Waals surface area (Å²) < 4.78 is 28.7. The minimum absolute atomic E-state index is 0.120. The van der Waals surface area contributed by atoms with E-state index < -0.39 is 29.9 Å². The second-order valence-corrected chi connectivity index (χ2v) is 9.05. The molecule has 8 heteroatoms. The van der Waals surface area contributed by atoms with Gasteiger partial charge < -0.3 is 23.7 Å². The number of rotatable bonds is 7. The fourth-order valence-electron chi connectivity index (χ4n) is 2.94. The standard InChI is InChI=1S/C22H28O7S/c1-5-25-16-13-30-19-18(29-16)17(26-11-14-9-7-6-8-10-14)15(28-20(19)23)12-27-21(24)22(2,3)4/h6-10,15-17H,5,11-13H2,1-4H3/t15-,16?,17+/m1/s1. The molecule has 0 saturated carbocycles. The zero-order valence-electron chi connectivity index (χ0n) is 17.7. The highest BCUT2D eigenvalue weighted by molar-refractivity contribution is 8.04. The molecule has 30 heavy (non-hydrogen) atoms.